The highest BCUT2D eigenvalue weighted by Crippen LogP contribution is 2.29. The van der Waals surface area contributed by atoms with Crippen LogP contribution in [0.2, 0.25) is 0 Å². The van der Waals surface area contributed by atoms with Crippen LogP contribution in [0.15, 0.2) is 34.1 Å². The summed E-state index contributed by atoms with van der Waals surface area (Å²) >= 11 is 0. The Morgan fingerprint density at radius 3 is 1.33 bits per heavy atom. The Hall–Kier alpha value is -3.20. The third-order valence-corrected chi connectivity index (χ3v) is 10.6. The first kappa shape index (κ1) is 36.8. The van der Waals surface area contributed by atoms with E-state index in [1.54, 1.807) is 58.9 Å². The summed E-state index contributed by atoms with van der Waals surface area (Å²) in [4.78, 5) is 22.4. The number of rotatable bonds is 13. The number of aliphatic carboxylic acids is 1. The van der Waals surface area contributed by atoms with Gasteiger partial charge in [0.25, 0.3) is 0 Å². The van der Waals surface area contributed by atoms with Gasteiger partial charge in [-0.2, -0.15) is 0 Å². The highest BCUT2D eigenvalue weighted by molar-refractivity contribution is 7.89. The van der Waals surface area contributed by atoms with E-state index in [9.17, 15) is 26.4 Å². The molecule has 0 amide bonds. The number of methoxy groups -OCH3 is 2. The number of carboxylic acid groups (broad SMARTS) is 1. The molecule has 42 heavy (non-hydrogen) atoms. The van der Waals surface area contributed by atoms with Crippen LogP contribution >= 0.6 is 0 Å². The predicted molar refractivity (Wildman–Crippen MR) is 158 cm³/mol. The summed E-state index contributed by atoms with van der Waals surface area (Å²) in [7, 11) is -1.49. The number of ether oxygens (including phenoxy) is 3. The molecule has 2 rings (SSSR count). The Labute approximate surface area is 249 Å². The number of benzene rings is 2. The number of hydrogen-bond donors (Lipinski definition) is 1. The van der Waals surface area contributed by atoms with Crippen molar-refractivity contribution in [2.75, 3.05) is 48.0 Å². The number of carbonyl (C=O) groups excluding carboxylic acids is 1. The summed E-state index contributed by atoms with van der Waals surface area (Å²) in [6.07, 6.45) is -0.207. The van der Waals surface area contributed by atoms with Crippen LogP contribution < -0.4 is 9.47 Å². The minimum absolute atomic E-state index is 0.0256. The molecular weight excluding hydrogens is 588 g/mol. The molecule has 0 bridgehead atoms. The number of carboxylic acids is 1. The van der Waals surface area contributed by atoms with Crippen molar-refractivity contribution in [2.45, 2.75) is 57.3 Å². The van der Waals surface area contributed by atoms with E-state index < -0.39 is 32.0 Å². The molecule has 2 aromatic rings. The molecule has 14 heteroatoms. The predicted octanol–water partition coefficient (Wildman–Crippen LogP) is 3.29. The first-order chi connectivity index (χ1) is 19.4. The second-order valence-electron chi connectivity index (χ2n) is 9.53. The van der Waals surface area contributed by atoms with Gasteiger partial charge in [0.2, 0.25) is 20.0 Å². The summed E-state index contributed by atoms with van der Waals surface area (Å²) in [6.45, 7) is 8.83. The van der Waals surface area contributed by atoms with Crippen molar-refractivity contribution in [3.8, 4) is 11.5 Å². The van der Waals surface area contributed by atoms with Crippen LogP contribution in [-0.4, -0.2) is 90.5 Å². The molecule has 0 heterocycles. The molecule has 0 aromatic heterocycles. The van der Waals surface area contributed by atoms with Crippen LogP contribution in [0, 0.1) is 27.7 Å². The summed E-state index contributed by atoms with van der Waals surface area (Å²) in [5, 5.41) is 8.64. The van der Waals surface area contributed by atoms with Crippen molar-refractivity contribution in [1.82, 2.24) is 8.61 Å². The number of aryl methyl sites for hydroxylation is 4. The number of hydrogen-bond acceptors (Lipinski definition) is 9. The second kappa shape index (κ2) is 15.9. The first-order valence-electron chi connectivity index (χ1n) is 13.0. The van der Waals surface area contributed by atoms with Crippen molar-refractivity contribution < 1.29 is 45.7 Å². The van der Waals surface area contributed by atoms with Gasteiger partial charge < -0.3 is 19.3 Å². The van der Waals surface area contributed by atoms with Crippen molar-refractivity contribution in [3.63, 3.8) is 0 Å². The van der Waals surface area contributed by atoms with E-state index in [0.717, 1.165) is 4.31 Å². The molecule has 236 valence electrons. The van der Waals surface area contributed by atoms with Gasteiger partial charge in [-0.25, -0.2) is 25.4 Å². The van der Waals surface area contributed by atoms with Gasteiger partial charge in [-0.05, 0) is 81.1 Å². The van der Waals surface area contributed by atoms with Crippen molar-refractivity contribution in [1.29, 1.82) is 0 Å². The van der Waals surface area contributed by atoms with Crippen molar-refractivity contribution >= 4 is 32.0 Å². The maximum absolute atomic E-state index is 12.7. The topological polar surface area (TPSA) is 157 Å². The third kappa shape index (κ3) is 9.68. The zero-order chi connectivity index (χ0) is 32.4. The lowest BCUT2D eigenvalue weighted by Crippen LogP contribution is -2.30. The lowest BCUT2D eigenvalue weighted by atomic mass is 10.1. The fraction of sp³-hybridized carbons (Fsp3) is 0.500. The number of nitrogens with zero attached hydrogens (tertiary/aromatic N) is 2. The summed E-state index contributed by atoms with van der Waals surface area (Å²) in [5.41, 5.74) is 2.37. The zero-order valence-corrected chi connectivity index (χ0v) is 27.3. The smallest absolute Gasteiger partial charge is 0.307 e. The molecule has 1 N–H and O–H groups in total. The molecule has 0 aliphatic heterocycles. The number of carbonyl (C=O) groups is 2. The molecule has 0 aliphatic carbocycles. The van der Waals surface area contributed by atoms with E-state index in [-0.39, 0.29) is 42.3 Å². The minimum Gasteiger partial charge on any atom is -0.497 e. The van der Waals surface area contributed by atoms with Crippen LogP contribution in [0.4, 0.5) is 0 Å². The molecule has 0 spiro atoms. The van der Waals surface area contributed by atoms with E-state index >= 15 is 0 Å². The van der Waals surface area contributed by atoms with Gasteiger partial charge in [0, 0.05) is 27.2 Å². The van der Waals surface area contributed by atoms with Crippen LogP contribution in [0.5, 0.6) is 11.5 Å². The molecular formula is C28H42N2O10S2. The highest BCUT2D eigenvalue weighted by Gasteiger charge is 2.27. The van der Waals surface area contributed by atoms with Crippen LogP contribution in [-0.2, 0) is 34.4 Å². The molecule has 0 atom stereocenters. The van der Waals surface area contributed by atoms with Gasteiger partial charge in [0.05, 0.1) is 43.5 Å². The molecule has 12 nitrogen and oxygen atoms in total. The Morgan fingerprint density at radius 1 is 0.714 bits per heavy atom. The van der Waals surface area contributed by atoms with E-state index in [4.69, 9.17) is 19.3 Å². The Bertz CT molecular complexity index is 1430. The largest absolute Gasteiger partial charge is 0.497 e. The average Bonchev–Trinajstić information content (AvgIpc) is 2.89. The van der Waals surface area contributed by atoms with Crippen LogP contribution in [0.1, 0.15) is 42.0 Å². The lowest BCUT2D eigenvalue weighted by Gasteiger charge is -2.20. The first-order valence-corrected chi connectivity index (χ1v) is 15.9. The van der Waals surface area contributed by atoms with E-state index in [2.05, 4.69) is 0 Å². The standard InChI is InChI=1S/C15H23NO5S.C13H19NO5S/c1-6-21-14(17)7-8-16(4)22(18,19)15-11(2)9-13(20-5)10-12(15)3;1-9-7-11(19-4)8-10(2)13(9)20(17,18)14(3)6-5-12(15)16/h9-10H,6-8H2,1-5H3;7-8H,5-6H2,1-4H3,(H,15,16). The highest BCUT2D eigenvalue weighted by atomic mass is 32.2. The van der Waals surface area contributed by atoms with Gasteiger partial charge in [0.15, 0.2) is 0 Å². The Balaban J connectivity index is 0.000000422. The normalized spacial score (nSPS) is 11.6. The molecule has 0 radical (unpaired) electrons. The average molecular weight is 631 g/mol. The fourth-order valence-electron chi connectivity index (χ4n) is 4.16. The van der Waals surface area contributed by atoms with Gasteiger partial charge in [0.1, 0.15) is 11.5 Å². The minimum atomic E-state index is -3.71. The quantitative estimate of drug-likeness (QED) is 0.326. The summed E-state index contributed by atoms with van der Waals surface area (Å²) in [5.74, 6) is -0.238. The fourth-order valence-corrected chi connectivity index (χ4v) is 7.31. The molecule has 0 saturated carbocycles. The molecule has 0 unspecified atom stereocenters. The lowest BCUT2D eigenvalue weighted by molar-refractivity contribution is -0.143. The van der Waals surface area contributed by atoms with E-state index in [1.165, 1.54) is 32.6 Å². The summed E-state index contributed by atoms with van der Waals surface area (Å²) in [6, 6.07) is 6.65. The molecule has 0 fully saturated rings. The van der Waals surface area contributed by atoms with Gasteiger partial charge in [-0.3, -0.25) is 9.59 Å². The number of sulfonamides is 2. The van der Waals surface area contributed by atoms with Crippen molar-refractivity contribution in [2.24, 2.45) is 0 Å². The van der Waals surface area contributed by atoms with Crippen LogP contribution in [0.3, 0.4) is 0 Å². The van der Waals surface area contributed by atoms with Gasteiger partial charge in [-0.15, -0.1) is 0 Å². The third-order valence-electron chi connectivity index (χ3n) is 6.25. The van der Waals surface area contributed by atoms with E-state index in [1.807, 2.05) is 0 Å². The Morgan fingerprint density at radius 2 is 1.05 bits per heavy atom. The summed E-state index contributed by atoms with van der Waals surface area (Å²) < 4.78 is 67.6. The SMILES string of the molecule is CCOC(=O)CCN(C)S(=O)(=O)c1c(C)cc(OC)cc1C.COc1cc(C)c(S(=O)(=O)N(C)CCC(=O)O)c(C)c1. The maximum atomic E-state index is 12.7. The van der Waals surface area contributed by atoms with Crippen LogP contribution in [0.25, 0.3) is 0 Å². The molecule has 0 aliphatic rings. The van der Waals surface area contributed by atoms with Crippen molar-refractivity contribution in [3.05, 3.63) is 46.5 Å². The number of esters is 1. The monoisotopic (exact) mass is 630 g/mol. The molecule has 0 saturated heterocycles. The zero-order valence-electron chi connectivity index (χ0n) is 25.7. The van der Waals surface area contributed by atoms with Gasteiger partial charge >= 0.3 is 11.9 Å². The van der Waals surface area contributed by atoms with E-state index in [0.29, 0.717) is 33.8 Å². The van der Waals surface area contributed by atoms with Gasteiger partial charge in [-0.1, -0.05) is 0 Å². The second-order valence-corrected chi connectivity index (χ2v) is 13.5. The maximum Gasteiger partial charge on any atom is 0.307 e. The Kier molecular flexibility index (Phi) is 13.9. The molecule has 2 aromatic carbocycles.